The second-order valence-electron chi connectivity index (χ2n) is 4.33. The summed E-state index contributed by atoms with van der Waals surface area (Å²) in [5.41, 5.74) is 0. The fourth-order valence-electron chi connectivity index (χ4n) is 0.333. The Kier molecular flexibility index (Phi) is 18.6. The van der Waals surface area contributed by atoms with E-state index in [4.69, 9.17) is 0 Å². The van der Waals surface area contributed by atoms with Crippen LogP contribution in [0.5, 0.6) is 0 Å². The van der Waals surface area contributed by atoms with Crippen molar-refractivity contribution < 1.29 is 26.6 Å². The van der Waals surface area contributed by atoms with Gasteiger partial charge < -0.3 is 13.6 Å². The van der Waals surface area contributed by atoms with Gasteiger partial charge in [0.25, 0.3) is 0 Å². The Bertz CT molecular complexity index is 372. The maximum Gasteiger partial charge on any atom is 0.329 e. The lowest BCUT2D eigenvalue weighted by Crippen LogP contribution is -1.89. The van der Waals surface area contributed by atoms with Gasteiger partial charge in [-0.2, -0.15) is 0 Å². The molecule has 0 fully saturated rings. The minimum absolute atomic E-state index is 0. The maximum absolute atomic E-state index is 10.9. The van der Waals surface area contributed by atoms with Crippen molar-refractivity contribution in [1.29, 1.82) is 0 Å². The molecular formula is C11H32O6P2S. The van der Waals surface area contributed by atoms with Crippen LogP contribution in [0.4, 0.5) is 0 Å². The number of hydrogen-bond acceptors (Lipinski definition) is 6. The molecule has 6 nitrogen and oxygen atoms in total. The minimum Gasteiger partial charge on any atom is -0.324 e. The summed E-state index contributed by atoms with van der Waals surface area (Å²) in [7, 11) is -4.21. The van der Waals surface area contributed by atoms with Crippen LogP contribution in [0, 0.1) is 0 Å². The first-order chi connectivity index (χ1) is 8.24. The van der Waals surface area contributed by atoms with E-state index in [1.165, 1.54) is 14.2 Å². The topological polar surface area (TPSA) is 86.7 Å². The highest BCUT2D eigenvalue weighted by molar-refractivity contribution is 7.89. The summed E-state index contributed by atoms with van der Waals surface area (Å²) in [6.07, 6.45) is 3.58. The van der Waals surface area contributed by atoms with E-state index >= 15 is 0 Å². The molecule has 20 heavy (non-hydrogen) atoms. The van der Waals surface area contributed by atoms with Gasteiger partial charge in [-0.25, -0.2) is 8.42 Å². The fourth-order valence-corrected chi connectivity index (χ4v) is 0.998. The van der Waals surface area contributed by atoms with Gasteiger partial charge in [0.1, 0.15) is 9.84 Å². The van der Waals surface area contributed by atoms with Crippen molar-refractivity contribution in [3.63, 3.8) is 0 Å². The lowest BCUT2D eigenvalue weighted by molar-refractivity contribution is 0.277. The summed E-state index contributed by atoms with van der Waals surface area (Å²) in [4.78, 5) is 0. The maximum atomic E-state index is 10.9. The molecule has 0 rings (SSSR count). The molecule has 9 heteroatoms. The van der Waals surface area contributed by atoms with E-state index in [1.54, 1.807) is 20.3 Å². The predicted octanol–water partition coefficient (Wildman–Crippen LogP) is 3.42. The van der Waals surface area contributed by atoms with Gasteiger partial charge in [-0.1, -0.05) is 21.3 Å². The molecule has 0 aliphatic heterocycles. The van der Waals surface area contributed by atoms with Crippen molar-refractivity contribution in [1.82, 2.24) is 0 Å². The monoisotopic (exact) mass is 354 g/mol. The molecule has 128 valence electrons. The summed E-state index contributed by atoms with van der Waals surface area (Å²) in [5, 5.41) is 0. The van der Waals surface area contributed by atoms with Crippen LogP contribution < -0.4 is 0 Å². The molecule has 0 saturated heterocycles. The van der Waals surface area contributed by atoms with Crippen molar-refractivity contribution >= 4 is 24.6 Å². The first-order valence-corrected chi connectivity index (χ1v) is 12.5. The summed E-state index contributed by atoms with van der Waals surface area (Å²) < 4.78 is 49.9. The van der Waals surface area contributed by atoms with Crippen LogP contribution in [0.15, 0.2) is 0 Å². The zero-order chi connectivity index (χ0) is 16.3. The molecular weight excluding hydrogens is 322 g/mol. The molecule has 0 radical (unpaired) electrons. The van der Waals surface area contributed by atoms with E-state index in [-0.39, 0.29) is 7.43 Å². The lowest BCUT2D eigenvalue weighted by Gasteiger charge is -2.08. The molecule has 0 aromatic heterocycles. The molecule has 0 spiro atoms. The smallest absolute Gasteiger partial charge is 0.324 e. The SMILES string of the molecule is C.CCP(=O)(OC)OC.CCP(C)(C)=O.CS(C)(=O)=O. The third kappa shape index (κ3) is 36.2. The number of hydrogen-bond donors (Lipinski definition) is 0. The van der Waals surface area contributed by atoms with Crippen LogP contribution >= 0.6 is 14.7 Å². The third-order valence-corrected chi connectivity index (χ3v) is 5.12. The highest BCUT2D eigenvalue weighted by atomic mass is 32.2. The Labute approximate surface area is 125 Å². The van der Waals surface area contributed by atoms with Gasteiger partial charge in [0, 0.05) is 32.9 Å². The van der Waals surface area contributed by atoms with Crippen molar-refractivity contribution in [2.75, 3.05) is 52.4 Å². The summed E-state index contributed by atoms with van der Waals surface area (Å²) in [6.45, 7) is 7.30. The van der Waals surface area contributed by atoms with Crippen molar-refractivity contribution in [2.45, 2.75) is 21.3 Å². The van der Waals surface area contributed by atoms with Crippen molar-refractivity contribution in [2.24, 2.45) is 0 Å². The van der Waals surface area contributed by atoms with Gasteiger partial charge in [0.05, 0.1) is 7.14 Å². The Morgan fingerprint density at radius 2 is 1.10 bits per heavy atom. The second kappa shape index (κ2) is 13.0. The van der Waals surface area contributed by atoms with Crippen molar-refractivity contribution in [3.05, 3.63) is 0 Å². The molecule has 0 aliphatic carbocycles. The van der Waals surface area contributed by atoms with E-state index in [1.807, 2.05) is 6.92 Å². The highest BCUT2D eigenvalue weighted by Crippen LogP contribution is 2.45. The average molecular weight is 354 g/mol. The first kappa shape index (κ1) is 28.5. The quantitative estimate of drug-likeness (QED) is 0.719. The molecule has 0 unspecified atom stereocenters. The van der Waals surface area contributed by atoms with E-state index in [0.29, 0.717) is 6.16 Å². The Morgan fingerprint density at radius 3 is 1.10 bits per heavy atom. The standard InChI is InChI=1S/C4H11O3P.C4H11OP.C2H6O2S.CH4/c1-4-8(5,6-2)7-3;1-4-6(2,3)5;1-5(2,3)4;/h4H2,1-3H3;4H2,1-3H3;1-2H3;1H4. The predicted molar refractivity (Wildman–Crippen MR) is 89.7 cm³/mol. The van der Waals surface area contributed by atoms with Gasteiger partial charge >= 0.3 is 7.60 Å². The van der Waals surface area contributed by atoms with E-state index in [0.717, 1.165) is 18.7 Å². The zero-order valence-corrected chi connectivity index (χ0v) is 15.8. The summed E-state index contributed by atoms with van der Waals surface area (Å²) in [5.74, 6) is 0. The van der Waals surface area contributed by atoms with Crippen LogP contribution in [0.3, 0.4) is 0 Å². The van der Waals surface area contributed by atoms with Gasteiger partial charge in [-0.3, -0.25) is 4.57 Å². The second-order valence-corrected chi connectivity index (χ2v) is 13.0. The highest BCUT2D eigenvalue weighted by Gasteiger charge is 2.15. The molecule has 0 aromatic carbocycles. The minimum atomic E-state index is -2.67. The average Bonchev–Trinajstić information content (AvgIpc) is 2.26. The molecule has 0 N–H and O–H groups in total. The molecule has 0 aliphatic rings. The van der Waals surface area contributed by atoms with E-state index < -0.39 is 24.6 Å². The molecule has 0 aromatic rings. The van der Waals surface area contributed by atoms with Crippen LogP contribution in [-0.2, 0) is 28.0 Å². The van der Waals surface area contributed by atoms with Crippen molar-refractivity contribution in [3.8, 4) is 0 Å². The third-order valence-electron chi connectivity index (χ3n) is 1.71. The molecule has 0 heterocycles. The molecule has 0 amide bonds. The van der Waals surface area contributed by atoms with Gasteiger partial charge in [-0.05, 0) is 19.5 Å². The van der Waals surface area contributed by atoms with Gasteiger partial charge in [0.2, 0.25) is 0 Å². The summed E-state index contributed by atoms with van der Waals surface area (Å²) >= 11 is 0. The first-order valence-electron chi connectivity index (χ1n) is 5.64. The number of rotatable bonds is 4. The molecule has 0 saturated carbocycles. The lowest BCUT2D eigenvalue weighted by atomic mass is 11.0. The van der Waals surface area contributed by atoms with Gasteiger partial charge in [0.15, 0.2) is 0 Å². The van der Waals surface area contributed by atoms with Crippen LogP contribution in [0.25, 0.3) is 0 Å². The van der Waals surface area contributed by atoms with Crippen LogP contribution in [-0.4, -0.2) is 60.8 Å². The Balaban J connectivity index is -0.0000000966. The fraction of sp³-hybridized carbons (Fsp3) is 1.00. The normalized spacial score (nSPS) is 11.2. The largest absolute Gasteiger partial charge is 0.329 e. The van der Waals surface area contributed by atoms with Gasteiger partial charge in [-0.15, -0.1) is 0 Å². The Hall–Kier alpha value is 0.330. The van der Waals surface area contributed by atoms with Crippen LogP contribution in [0.1, 0.15) is 21.3 Å². The Morgan fingerprint density at radius 1 is 0.900 bits per heavy atom. The van der Waals surface area contributed by atoms with E-state index in [2.05, 4.69) is 9.05 Å². The number of sulfone groups is 1. The van der Waals surface area contributed by atoms with Crippen LogP contribution in [0.2, 0.25) is 0 Å². The summed E-state index contributed by atoms with van der Waals surface area (Å²) in [6, 6.07) is 0. The van der Waals surface area contributed by atoms with E-state index in [9.17, 15) is 17.5 Å². The molecule has 0 bridgehead atoms. The molecule has 0 atom stereocenters. The zero-order valence-electron chi connectivity index (χ0n) is 13.2.